The van der Waals surface area contributed by atoms with Gasteiger partial charge in [-0.05, 0) is 36.4 Å². The Balaban J connectivity index is 2.06. The summed E-state index contributed by atoms with van der Waals surface area (Å²) in [7, 11) is 0. The van der Waals surface area contributed by atoms with Crippen LogP contribution in [0.3, 0.4) is 0 Å². The molecule has 1 N–H and O–H groups in total. The van der Waals surface area contributed by atoms with Gasteiger partial charge in [-0.25, -0.2) is 0 Å². The second-order valence-corrected chi connectivity index (χ2v) is 5.75. The molecule has 0 radical (unpaired) electrons. The van der Waals surface area contributed by atoms with Crippen molar-refractivity contribution in [3.8, 4) is 0 Å². The number of hydrogen-bond acceptors (Lipinski definition) is 2. The van der Waals surface area contributed by atoms with E-state index in [0.717, 1.165) is 5.69 Å². The van der Waals surface area contributed by atoms with Gasteiger partial charge in [0.2, 0.25) is 0 Å². The van der Waals surface area contributed by atoms with Crippen molar-refractivity contribution >= 4 is 57.9 Å². The van der Waals surface area contributed by atoms with Crippen molar-refractivity contribution in [3.05, 3.63) is 74.3 Å². The van der Waals surface area contributed by atoms with Crippen LogP contribution in [0.1, 0.15) is 10.4 Å². The molecule has 0 unspecified atom stereocenters. The molecule has 0 aliphatic carbocycles. The predicted octanol–water partition coefficient (Wildman–Crippen LogP) is 6.11. The molecule has 0 aliphatic rings. The molecular weight excluding hydrogens is 352 g/mol. The van der Waals surface area contributed by atoms with Gasteiger partial charge in [0, 0.05) is 28.5 Å². The normalized spacial score (nSPS) is 10.9. The Morgan fingerprint density at radius 1 is 0.905 bits per heavy atom. The first-order valence-corrected chi connectivity index (χ1v) is 7.36. The van der Waals surface area contributed by atoms with E-state index in [1.165, 1.54) is 18.3 Å². The van der Waals surface area contributed by atoms with Gasteiger partial charge in [-0.3, -0.25) is 4.79 Å². The Labute approximate surface area is 142 Å². The highest BCUT2D eigenvalue weighted by molar-refractivity contribution is 6.42. The summed E-state index contributed by atoms with van der Waals surface area (Å²) < 4.78 is 0. The number of carbonyl (C=O) groups is 1. The average molecular weight is 361 g/mol. The maximum absolute atomic E-state index is 12.0. The topological polar surface area (TPSA) is 29.1 Å². The average Bonchev–Trinajstić information content (AvgIpc) is 2.42. The molecule has 0 fully saturated rings. The van der Waals surface area contributed by atoms with E-state index < -0.39 is 0 Å². The van der Waals surface area contributed by atoms with E-state index in [1.54, 1.807) is 30.3 Å². The molecule has 21 heavy (non-hydrogen) atoms. The van der Waals surface area contributed by atoms with Crippen molar-refractivity contribution in [3.63, 3.8) is 0 Å². The van der Waals surface area contributed by atoms with Crippen LogP contribution >= 0.6 is 46.4 Å². The van der Waals surface area contributed by atoms with E-state index in [4.69, 9.17) is 46.4 Å². The highest BCUT2D eigenvalue weighted by Gasteiger charge is 2.07. The lowest BCUT2D eigenvalue weighted by atomic mass is 10.1. The van der Waals surface area contributed by atoms with Crippen molar-refractivity contribution in [2.75, 3.05) is 5.32 Å². The van der Waals surface area contributed by atoms with E-state index >= 15 is 0 Å². The molecule has 0 bridgehead atoms. The summed E-state index contributed by atoms with van der Waals surface area (Å²) in [5.74, 6) is -0.232. The molecule has 2 nitrogen and oxygen atoms in total. The highest BCUT2D eigenvalue weighted by atomic mass is 35.5. The van der Waals surface area contributed by atoms with E-state index in [2.05, 4.69) is 5.32 Å². The first kappa shape index (κ1) is 16.2. The van der Waals surface area contributed by atoms with Gasteiger partial charge in [0.25, 0.3) is 0 Å². The van der Waals surface area contributed by atoms with Gasteiger partial charge in [-0.1, -0.05) is 46.4 Å². The Hall–Kier alpha value is -1.19. The number of hydrogen-bond donors (Lipinski definition) is 1. The molecular formula is C15H9Cl4NO. The summed E-state index contributed by atoms with van der Waals surface area (Å²) in [6, 6.07) is 9.79. The molecule has 108 valence electrons. The van der Waals surface area contributed by atoms with Gasteiger partial charge in [-0.2, -0.15) is 0 Å². The van der Waals surface area contributed by atoms with E-state index in [1.807, 2.05) is 0 Å². The zero-order valence-corrected chi connectivity index (χ0v) is 13.6. The van der Waals surface area contributed by atoms with E-state index in [9.17, 15) is 4.79 Å². The monoisotopic (exact) mass is 359 g/mol. The minimum atomic E-state index is -0.232. The van der Waals surface area contributed by atoms with Crippen LogP contribution in [0.4, 0.5) is 5.69 Å². The number of benzene rings is 2. The standard InChI is InChI=1S/C15H9Cl4NO/c16-9-1-3-11(13(18)7-9)15(21)5-6-20-10-2-4-12(17)14(19)8-10/h1-8,20H. The molecule has 0 spiro atoms. The number of anilines is 1. The van der Waals surface area contributed by atoms with Crippen LogP contribution < -0.4 is 5.32 Å². The molecule has 0 heterocycles. The summed E-state index contributed by atoms with van der Waals surface area (Å²) >= 11 is 23.5. The zero-order valence-electron chi connectivity index (χ0n) is 10.5. The lowest BCUT2D eigenvalue weighted by Gasteiger charge is -2.03. The summed E-state index contributed by atoms with van der Waals surface area (Å²) in [6.07, 6.45) is 2.88. The quantitative estimate of drug-likeness (QED) is 0.526. The molecule has 6 heteroatoms. The van der Waals surface area contributed by atoms with Gasteiger partial charge < -0.3 is 5.32 Å². The molecule has 0 atom stereocenters. The molecule has 0 aromatic heterocycles. The molecule has 0 amide bonds. The number of allylic oxidation sites excluding steroid dienone is 1. The molecule has 0 aliphatic heterocycles. The van der Waals surface area contributed by atoms with Crippen molar-refractivity contribution in [1.29, 1.82) is 0 Å². The van der Waals surface area contributed by atoms with Gasteiger partial charge in [0.15, 0.2) is 5.78 Å². The SMILES string of the molecule is O=C(C=CNc1ccc(Cl)c(Cl)c1)c1ccc(Cl)cc1Cl. The fourth-order valence-electron chi connectivity index (χ4n) is 1.58. The first-order valence-electron chi connectivity index (χ1n) is 5.85. The summed E-state index contributed by atoms with van der Waals surface area (Å²) in [5, 5.41) is 4.62. The van der Waals surface area contributed by atoms with Crippen LogP contribution in [-0.2, 0) is 0 Å². The van der Waals surface area contributed by atoms with E-state index in [-0.39, 0.29) is 5.78 Å². The zero-order chi connectivity index (χ0) is 15.4. The first-order chi connectivity index (χ1) is 9.97. The summed E-state index contributed by atoms with van der Waals surface area (Å²) in [4.78, 5) is 12.0. The van der Waals surface area contributed by atoms with Crippen molar-refractivity contribution in [1.82, 2.24) is 0 Å². The van der Waals surface area contributed by atoms with Gasteiger partial charge in [-0.15, -0.1) is 0 Å². The van der Waals surface area contributed by atoms with Crippen LogP contribution in [0.5, 0.6) is 0 Å². The summed E-state index contributed by atoms with van der Waals surface area (Å²) in [6.45, 7) is 0. The van der Waals surface area contributed by atoms with Gasteiger partial charge in [0.05, 0.1) is 15.1 Å². The third-order valence-electron chi connectivity index (χ3n) is 2.60. The Morgan fingerprint density at radius 2 is 1.67 bits per heavy atom. The number of nitrogens with one attached hydrogen (secondary N) is 1. The van der Waals surface area contributed by atoms with Crippen LogP contribution in [-0.4, -0.2) is 5.78 Å². The molecule has 2 aromatic carbocycles. The Bertz CT molecular complexity index is 713. The van der Waals surface area contributed by atoms with Crippen molar-refractivity contribution in [2.24, 2.45) is 0 Å². The van der Waals surface area contributed by atoms with E-state index in [0.29, 0.717) is 25.7 Å². The lowest BCUT2D eigenvalue weighted by molar-refractivity contribution is 0.104. The predicted molar refractivity (Wildman–Crippen MR) is 90.0 cm³/mol. The van der Waals surface area contributed by atoms with Crippen molar-refractivity contribution < 1.29 is 4.79 Å². The fraction of sp³-hybridized carbons (Fsp3) is 0. The second-order valence-electron chi connectivity index (χ2n) is 4.09. The van der Waals surface area contributed by atoms with Crippen molar-refractivity contribution in [2.45, 2.75) is 0 Å². The molecule has 0 saturated carbocycles. The number of halogens is 4. The number of ketones is 1. The second kappa shape index (κ2) is 7.19. The van der Waals surface area contributed by atoms with Crippen LogP contribution in [0.15, 0.2) is 48.7 Å². The smallest absolute Gasteiger partial charge is 0.188 e. The molecule has 2 rings (SSSR count). The fourth-order valence-corrected chi connectivity index (χ4v) is 2.38. The lowest BCUT2D eigenvalue weighted by Crippen LogP contribution is -1.97. The Morgan fingerprint density at radius 3 is 2.33 bits per heavy atom. The highest BCUT2D eigenvalue weighted by Crippen LogP contribution is 2.25. The maximum Gasteiger partial charge on any atom is 0.188 e. The van der Waals surface area contributed by atoms with Gasteiger partial charge >= 0.3 is 0 Å². The molecule has 0 saturated heterocycles. The van der Waals surface area contributed by atoms with Crippen LogP contribution in [0.25, 0.3) is 0 Å². The molecule has 2 aromatic rings. The Kier molecular flexibility index (Phi) is 5.54. The van der Waals surface area contributed by atoms with Crippen LogP contribution in [0.2, 0.25) is 20.1 Å². The largest absolute Gasteiger partial charge is 0.362 e. The minimum Gasteiger partial charge on any atom is -0.362 e. The number of rotatable bonds is 4. The third kappa shape index (κ3) is 4.39. The number of carbonyl (C=O) groups excluding carboxylic acids is 1. The maximum atomic E-state index is 12.0. The van der Waals surface area contributed by atoms with Gasteiger partial charge in [0.1, 0.15) is 0 Å². The third-order valence-corrected chi connectivity index (χ3v) is 3.89. The summed E-state index contributed by atoms with van der Waals surface area (Å²) in [5.41, 5.74) is 1.10. The minimum absolute atomic E-state index is 0.232. The van der Waals surface area contributed by atoms with Crippen LogP contribution in [0, 0.1) is 0 Å².